The van der Waals surface area contributed by atoms with Crippen LogP contribution in [0.15, 0.2) is 42.5 Å². The normalized spacial score (nSPS) is 11.5. The molecule has 0 aliphatic heterocycles. The molecule has 2 rings (SSSR count). The van der Waals surface area contributed by atoms with Gasteiger partial charge in [-0.15, -0.1) is 0 Å². The second kappa shape index (κ2) is 9.51. The number of anilines is 1. The average Bonchev–Trinajstić information content (AvgIpc) is 2.60. The van der Waals surface area contributed by atoms with Crippen molar-refractivity contribution in [3.8, 4) is 5.75 Å². The summed E-state index contributed by atoms with van der Waals surface area (Å²) in [6.07, 6.45) is 0.513. The smallest absolute Gasteiger partial charge is 0.319 e. The molecule has 0 fully saturated rings. The molecule has 0 aromatic heterocycles. The first-order valence-electron chi connectivity index (χ1n) is 8.25. The Morgan fingerprint density at radius 1 is 1.15 bits per heavy atom. The fourth-order valence-corrected chi connectivity index (χ4v) is 2.60. The van der Waals surface area contributed by atoms with Gasteiger partial charge in [0, 0.05) is 30.3 Å². The number of amides is 2. The Hall–Kier alpha value is -3.16. The van der Waals surface area contributed by atoms with Crippen LogP contribution in [0.3, 0.4) is 0 Å². The molecule has 8 heteroatoms. The molecule has 1 atom stereocenters. The van der Waals surface area contributed by atoms with E-state index in [1.165, 1.54) is 0 Å². The van der Waals surface area contributed by atoms with Crippen molar-refractivity contribution < 1.29 is 28.2 Å². The number of ether oxygens (including phenoxy) is 1. The van der Waals surface area contributed by atoms with Crippen molar-refractivity contribution in [2.45, 2.75) is 25.3 Å². The number of carbonyl (C=O) groups excluding carboxylic acids is 1. The van der Waals surface area contributed by atoms with Gasteiger partial charge in [0.15, 0.2) is 17.4 Å². The molecule has 2 amide bonds. The van der Waals surface area contributed by atoms with Crippen molar-refractivity contribution >= 4 is 17.7 Å². The van der Waals surface area contributed by atoms with Crippen LogP contribution < -0.4 is 15.4 Å². The maximum absolute atomic E-state index is 13.7. The van der Waals surface area contributed by atoms with Gasteiger partial charge < -0.3 is 20.5 Å². The number of carboxylic acid groups (broad SMARTS) is 1. The van der Waals surface area contributed by atoms with Crippen LogP contribution in [0.2, 0.25) is 0 Å². The summed E-state index contributed by atoms with van der Waals surface area (Å²) in [5.74, 6) is -3.40. The Bertz CT molecular complexity index is 777. The van der Waals surface area contributed by atoms with Crippen LogP contribution in [0.1, 0.15) is 18.4 Å². The van der Waals surface area contributed by atoms with Gasteiger partial charge in [-0.2, -0.15) is 0 Å². The first kappa shape index (κ1) is 20.2. The molecular weight excluding hydrogens is 358 g/mol. The Labute approximate surface area is 155 Å². The number of halogens is 2. The maximum atomic E-state index is 13.7. The molecule has 0 radical (unpaired) electrons. The third-order valence-corrected chi connectivity index (χ3v) is 3.83. The highest BCUT2D eigenvalue weighted by Gasteiger charge is 2.17. The predicted octanol–water partition coefficient (Wildman–Crippen LogP) is 3.57. The standard InChI is InChI=1S/C19H20F2N2O4/c1-27-18-15(20)10-14(11-16(18)21)23-19(26)22-13(7-8-17(24)25)9-12-5-3-2-4-6-12/h2-6,10-11,13H,7-9H2,1H3,(H,24,25)(H2,22,23,26). The number of urea groups is 1. The second-order valence-corrected chi connectivity index (χ2v) is 5.89. The molecule has 3 N–H and O–H groups in total. The summed E-state index contributed by atoms with van der Waals surface area (Å²) in [5, 5.41) is 13.9. The predicted molar refractivity (Wildman–Crippen MR) is 95.9 cm³/mol. The van der Waals surface area contributed by atoms with E-state index in [1.54, 1.807) is 0 Å². The summed E-state index contributed by atoms with van der Waals surface area (Å²) in [5.41, 5.74) is 0.842. The Balaban J connectivity index is 2.05. The first-order chi connectivity index (χ1) is 12.9. The van der Waals surface area contributed by atoms with Gasteiger partial charge in [0.2, 0.25) is 0 Å². The van der Waals surface area contributed by atoms with Crippen molar-refractivity contribution in [3.63, 3.8) is 0 Å². The summed E-state index contributed by atoms with van der Waals surface area (Å²) in [4.78, 5) is 23.0. The van der Waals surface area contributed by atoms with E-state index in [2.05, 4.69) is 15.4 Å². The van der Waals surface area contributed by atoms with Crippen LogP contribution in [-0.4, -0.2) is 30.3 Å². The van der Waals surface area contributed by atoms with Gasteiger partial charge >= 0.3 is 12.0 Å². The van der Waals surface area contributed by atoms with Gasteiger partial charge in [0.25, 0.3) is 0 Å². The van der Waals surface area contributed by atoms with Crippen LogP contribution in [0.25, 0.3) is 0 Å². The molecule has 1 unspecified atom stereocenters. The van der Waals surface area contributed by atoms with E-state index in [0.717, 1.165) is 24.8 Å². The molecule has 6 nitrogen and oxygen atoms in total. The topological polar surface area (TPSA) is 87.7 Å². The van der Waals surface area contributed by atoms with Crippen molar-refractivity contribution in [2.75, 3.05) is 12.4 Å². The third kappa shape index (κ3) is 6.25. The zero-order valence-electron chi connectivity index (χ0n) is 14.7. The van der Waals surface area contributed by atoms with E-state index in [4.69, 9.17) is 5.11 Å². The van der Waals surface area contributed by atoms with Crippen LogP contribution in [0.4, 0.5) is 19.3 Å². The summed E-state index contributed by atoms with van der Waals surface area (Å²) in [7, 11) is 1.14. The van der Waals surface area contributed by atoms with E-state index >= 15 is 0 Å². The third-order valence-electron chi connectivity index (χ3n) is 3.83. The Morgan fingerprint density at radius 3 is 2.33 bits per heavy atom. The molecule has 0 saturated carbocycles. The molecule has 0 spiro atoms. The van der Waals surface area contributed by atoms with Crippen molar-refractivity contribution in [2.24, 2.45) is 0 Å². The molecule has 2 aromatic rings. The summed E-state index contributed by atoms with van der Waals surface area (Å²) < 4.78 is 32.0. The fraction of sp³-hybridized carbons (Fsp3) is 0.263. The van der Waals surface area contributed by atoms with E-state index < -0.39 is 35.4 Å². The quantitative estimate of drug-likeness (QED) is 0.655. The van der Waals surface area contributed by atoms with Crippen LogP contribution in [-0.2, 0) is 11.2 Å². The first-order valence-corrected chi connectivity index (χ1v) is 8.25. The minimum absolute atomic E-state index is 0.0833. The average molecular weight is 378 g/mol. The van der Waals surface area contributed by atoms with E-state index in [9.17, 15) is 18.4 Å². The highest BCUT2D eigenvalue weighted by Crippen LogP contribution is 2.25. The SMILES string of the molecule is COc1c(F)cc(NC(=O)NC(CCC(=O)O)Cc2ccccc2)cc1F. The molecular formula is C19H20F2N2O4. The molecule has 0 heterocycles. The summed E-state index contributed by atoms with van der Waals surface area (Å²) >= 11 is 0. The Morgan fingerprint density at radius 2 is 1.78 bits per heavy atom. The zero-order valence-corrected chi connectivity index (χ0v) is 14.7. The molecule has 0 aliphatic carbocycles. The maximum Gasteiger partial charge on any atom is 0.319 e. The molecule has 144 valence electrons. The molecule has 27 heavy (non-hydrogen) atoms. The van der Waals surface area contributed by atoms with Gasteiger partial charge in [0.05, 0.1) is 7.11 Å². The number of rotatable bonds is 8. The van der Waals surface area contributed by atoms with E-state index in [-0.39, 0.29) is 18.5 Å². The minimum Gasteiger partial charge on any atom is -0.491 e. The van der Waals surface area contributed by atoms with Gasteiger partial charge in [-0.1, -0.05) is 30.3 Å². The van der Waals surface area contributed by atoms with E-state index in [0.29, 0.717) is 6.42 Å². The minimum atomic E-state index is -0.977. The highest BCUT2D eigenvalue weighted by atomic mass is 19.1. The molecule has 2 aromatic carbocycles. The van der Waals surface area contributed by atoms with Gasteiger partial charge in [-0.3, -0.25) is 4.79 Å². The lowest BCUT2D eigenvalue weighted by atomic mass is 10.0. The van der Waals surface area contributed by atoms with Crippen LogP contribution in [0.5, 0.6) is 5.75 Å². The number of nitrogens with one attached hydrogen (secondary N) is 2. The number of methoxy groups -OCH3 is 1. The van der Waals surface area contributed by atoms with Gasteiger partial charge in [-0.25, -0.2) is 13.6 Å². The number of aliphatic carboxylic acids is 1. The second-order valence-electron chi connectivity index (χ2n) is 5.89. The molecule has 0 aliphatic rings. The molecule has 0 saturated heterocycles. The van der Waals surface area contributed by atoms with Gasteiger partial charge in [0.1, 0.15) is 0 Å². The number of hydrogen-bond donors (Lipinski definition) is 3. The fourth-order valence-electron chi connectivity index (χ4n) is 2.60. The monoisotopic (exact) mass is 378 g/mol. The number of benzene rings is 2. The lowest BCUT2D eigenvalue weighted by molar-refractivity contribution is -0.137. The largest absolute Gasteiger partial charge is 0.491 e. The summed E-state index contributed by atoms with van der Waals surface area (Å²) in [6.45, 7) is 0. The lowest BCUT2D eigenvalue weighted by Crippen LogP contribution is -2.39. The van der Waals surface area contributed by atoms with Crippen molar-refractivity contribution in [1.82, 2.24) is 5.32 Å². The summed E-state index contributed by atoms with van der Waals surface area (Å²) in [6, 6.07) is 9.97. The lowest BCUT2D eigenvalue weighted by Gasteiger charge is -2.19. The highest BCUT2D eigenvalue weighted by molar-refractivity contribution is 5.89. The molecule has 0 bridgehead atoms. The van der Waals surface area contributed by atoms with E-state index in [1.807, 2.05) is 30.3 Å². The van der Waals surface area contributed by atoms with Crippen LogP contribution >= 0.6 is 0 Å². The number of hydrogen-bond acceptors (Lipinski definition) is 3. The van der Waals surface area contributed by atoms with Crippen molar-refractivity contribution in [1.29, 1.82) is 0 Å². The van der Waals surface area contributed by atoms with Crippen LogP contribution in [0, 0.1) is 11.6 Å². The number of carboxylic acids is 1. The number of carbonyl (C=O) groups is 2. The van der Waals surface area contributed by atoms with Crippen molar-refractivity contribution in [3.05, 3.63) is 59.7 Å². The van der Waals surface area contributed by atoms with Gasteiger partial charge in [-0.05, 0) is 18.4 Å². The zero-order chi connectivity index (χ0) is 19.8. The Kier molecular flexibility index (Phi) is 7.10.